The number of fused-ring (bicyclic) bond motifs is 1. The zero-order chi connectivity index (χ0) is 26.8. The fourth-order valence-corrected chi connectivity index (χ4v) is 4.42. The van der Waals surface area contributed by atoms with Crippen molar-refractivity contribution >= 4 is 11.8 Å². The van der Waals surface area contributed by atoms with Gasteiger partial charge in [0.15, 0.2) is 17.4 Å². The quantitative estimate of drug-likeness (QED) is 0.388. The molecule has 38 heavy (non-hydrogen) atoms. The number of methoxy groups -OCH3 is 1. The Hall–Kier alpha value is -4.67. The van der Waals surface area contributed by atoms with Crippen LogP contribution >= 0.6 is 0 Å². The third kappa shape index (κ3) is 5.08. The molecular weight excluding hydrogens is 489 g/mol. The normalized spacial score (nSPS) is 14.2. The molecule has 10 nitrogen and oxygen atoms in total. The summed E-state index contributed by atoms with van der Waals surface area (Å²) in [5.41, 5.74) is 3.90. The lowest BCUT2D eigenvalue weighted by Crippen LogP contribution is -2.29. The van der Waals surface area contributed by atoms with Gasteiger partial charge in [-0.05, 0) is 54.7 Å². The molecule has 0 radical (unpaired) electrons. The highest BCUT2D eigenvalue weighted by Crippen LogP contribution is 2.34. The van der Waals surface area contributed by atoms with Crippen molar-refractivity contribution < 1.29 is 18.7 Å². The number of rotatable bonds is 7. The summed E-state index contributed by atoms with van der Waals surface area (Å²) < 4.78 is 20.3. The molecule has 2 aromatic heterocycles. The van der Waals surface area contributed by atoms with Crippen LogP contribution < -0.4 is 15.4 Å². The SMILES string of the molecule is COc1cc(CNC(=O)c2cc(C(=O)N[C@H]3CCc4cc(-c5nc(C)n(C)n5)ccc43)ncn2)ccc1F. The first-order valence-electron chi connectivity index (χ1n) is 12.1. The van der Waals surface area contributed by atoms with Crippen LogP contribution in [0.5, 0.6) is 5.75 Å². The molecule has 0 saturated carbocycles. The molecule has 4 aromatic rings. The highest BCUT2D eigenvalue weighted by Gasteiger charge is 2.26. The molecule has 11 heteroatoms. The molecule has 0 unspecified atom stereocenters. The minimum absolute atomic E-state index is 0.0499. The molecular formula is C27H26FN7O3. The first kappa shape index (κ1) is 25.0. The van der Waals surface area contributed by atoms with Crippen LogP contribution in [0.1, 0.15) is 56.0 Å². The molecule has 2 heterocycles. The lowest BCUT2D eigenvalue weighted by atomic mass is 10.0. The number of ether oxygens (including phenoxy) is 1. The van der Waals surface area contributed by atoms with Crippen LogP contribution in [0.15, 0.2) is 48.8 Å². The Bertz CT molecular complexity index is 1520. The number of nitrogens with zero attached hydrogens (tertiary/aromatic N) is 5. The van der Waals surface area contributed by atoms with E-state index in [0.717, 1.165) is 35.4 Å². The fraction of sp³-hybridized carbons (Fsp3) is 0.259. The lowest BCUT2D eigenvalue weighted by molar-refractivity contribution is 0.0931. The number of nitrogens with one attached hydrogen (secondary N) is 2. The van der Waals surface area contributed by atoms with Crippen LogP contribution in [-0.2, 0) is 20.0 Å². The second kappa shape index (κ2) is 10.4. The molecule has 0 fully saturated rings. The molecule has 0 bridgehead atoms. The summed E-state index contributed by atoms with van der Waals surface area (Å²) in [5.74, 6) is 0.228. The molecule has 1 aliphatic carbocycles. The maximum absolute atomic E-state index is 13.6. The number of hydrogen-bond acceptors (Lipinski definition) is 7. The number of benzene rings is 2. The number of carbonyl (C=O) groups excluding carboxylic acids is 2. The molecule has 2 amide bonds. The minimum Gasteiger partial charge on any atom is -0.494 e. The van der Waals surface area contributed by atoms with Gasteiger partial charge in [0.1, 0.15) is 23.5 Å². The van der Waals surface area contributed by atoms with E-state index in [1.54, 1.807) is 10.7 Å². The summed E-state index contributed by atoms with van der Waals surface area (Å²) in [6.45, 7) is 2.04. The predicted molar refractivity (Wildman–Crippen MR) is 136 cm³/mol. The van der Waals surface area contributed by atoms with Crippen LogP contribution in [0.2, 0.25) is 0 Å². The first-order chi connectivity index (χ1) is 18.3. The average molecular weight is 516 g/mol. The maximum atomic E-state index is 13.6. The Kier molecular flexibility index (Phi) is 6.82. The molecule has 0 saturated heterocycles. The van der Waals surface area contributed by atoms with Crippen LogP contribution in [0.25, 0.3) is 11.4 Å². The summed E-state index contributed by atoms with van der Waals surface area (Å²) in [6, 6.07) is 11.5. The zero-order valence-corrected chi connectivity index (χ0v) is 21.2. The van der Waals surface area contributed by atoms with Gasteiger partial charge in [0, 0.05) is 25.2 Å². The van der Waals surface area contributed by atoms with Gasteiger partial charge in [0.25, 0.3) is 11.8 Å². The van der Waals surface area contributed by atoms with Crippen molar-refractivity contribution in [2.75, 3.05) is 7.11 Å². The van der Waals surface area contributed by atoms with E-state index in [-0.39, 0.29) is 29.7 Å². The fourth-order valence-electron chi connectivity index (χ4n) is 4.42. The summed E-state index contributed by atoms with van der Waals surface area (Å²) in [4.78, 5) is 38.2. The number of halogens is 1. The van der Waals surface area contributed by atoms with E-state index < -0.39 is 17.6 Å². The Morgan fingerprint density at radius 2 is 1.89 bits per heavy atom. The van der Waals surface area contributed by atoms with E-state index in [9.17, 15) is 14.0 Å². The van der Waals surface area contributed by atoms with Crippen molar-refractivity contribution in [2.24, 2.45) is 7.05 Å². The second-order valence-electron chi connectivity index (χ2n) is 9.02. The average Bonchev–Trinajstić information content (AvgIpc) is 3.49. The smallest absolute Gasteiger partial charge is 0.270 e. The molecule has 2 aromatic carbocycles. The van der Waals surface area contributed by atoms with E-state index in [4.69, 9.17) is 4.74 Å². The number of aromatic nitrogens is 5. The maximum Gasteiger partial charge on any atom is 0.270 e. The molecule has 5 rings (SSSR count). The lowest BCUT2D eigenvalue weighted by Gasteiger charge is -2.14. The van der Waals surface area contributed by atoms with Gasteiger partial charge in [-0.1, -0.05) is 18.2 Å². The molecule has 194 valence electrons. The second-order valence-corrected chi connectivity index (χ2v) is 9.02. The summed E-state index contributed by atoms with van der Waals surface area (Å²) in [6.07, 6.45) is 2.74. The third-order valence-electron chi connectivity index (χ3n) is 6.57. The highest BCUT2D eigenvalue weighted by atomic mass is 19.1. The Balaban J connectivity index is 1.24. The third-order valence-corrected chi connectivity index (χ3v) is 6.57. The number of carbonyl (C=O) groups is 2. The molecule has 0 spiro atoms. The van der Waals surface area contributed by atoms with Crippen LogP contribution in [0.4, 0.5) is 4.39 Å². The topological polar surface area (TPSA) is 124 Å². The van der Waals surface area contributed by atoms with E-state index in [0.29, 0.717) is 11.4 Å². The van der Waals surface area contributed by atoms with E-state index in [2.05, 4.69) is 36.8 Å². The summed E-state index contributed by atoms with van der Waals surface area (Å²) >= 11 is 0. The number of amides is 2. The van der Waals surface area contributed by atoms with Crippen LogP contribution in [-0.4, -0.2) is 43.7 Å². The standard InChI is InChI=1S/C27H26FN7O3/c1-15-32-25(34-35(15)2)18-5-7-19-17(11-18)6-9-21(19)33-27(37)23-12-22(30-14-31-23)26(36)29-13-16-4-8-20(28)24(10-16)38-3/h4-5,7-8,10-12,14,21H,6,9,13H2,1-3H3,(H,29,36)(H,33,37)/t21-/m0/s1. The van der Waals surface area contributed by atoms with E-state index in [1.807, 2.05) is 26.1 Å². The van der Waals surface area contributed by atoms with E-state index in [1.165, 1.54) is 31.6 Å². The Morgan fingerprint density at radius 1 is 1.11 bits per heavy atom. The minimum atomic E-state index is -0.486. The van der Waals surface area contributed by atoms with E-state index >= 15 is 0 Å². The monoisotopic (exact) mass is 515 g/mol. The van der Waals surface area contributed by atoms with Crippen LogP contribution in [0, 0.1) is 12.7 Å². The van der Waals surface area contributed by atoms with Crippen molar-refractivity contribution in [1.82, 2.24) is 35.4 Å². The van der Waals surface area contributed by atoms with Crippen molar-refractivity contribution in [3.8, 4) is 17.1 Å². The van der Waals surface area contributed by atoms with Gasteiger partial charge in [-0.25, -0.2) is 19.3 Å². The summed E-state index contributed by atoms with van der Waals surface area (Å²) in [7, 11) is 3.23. The van der Waals surface area contributed by atoms with Gasteiger partial charge >= 0.3 is 0 Å². The van der Waals surface area contributed by atoms with Gasteiger partial charge < -0.3 is 15.4 Å². The van der Waals surface area contributed by atoms with Gasteiger partial charge in [-0.3, -0.25) is 14.3 Å². The van der Waals surface area contributed by atoms with Gasteiger partial charge in [-0.2, -0.15) is 5.10 Å². The van der Waals surface area contributed by atoms with Gasteiger partial charge in [-0.15, -0.1) is 0 Å². The Morgan fingerprint density at radius 3 is 2.63 bits per heavy atom. The highest BCUT2D eigenvalue weighted by molar-refractivity contribution is 5.97. The van der Waals surface area contributed by atoms with Crippen molar-refractivity contribution in [1.29, 1.82) is 0 Å². The van der Waals surface area contributed by atoms with Crippen molar-refractivity contribution in [3.63, 3.8) is 0 Å². The molecule has 0 aliphatic heterocycles. The first-order valence-corrected chi connectivity index (χ1v) is 12.1. The van der Waals surface area contributed by atoms with Crippen molar-refractivity contribution in [3.05, 3.63) is 88.5 Å². The number of hydrogen-bond donors (Lipinski definition) is 2. The summed E-state index contributed by atoms with van der Waals surface area (Å²) in [5, 5.41) is 10.2. The van der Waals surface area contributed by atoms with Crippen molar-refractivity contribution in [2.45, 2.75) is 32.4 Å². The van der Waals surface area contributed by atoms with Gasteiger partial charge in [0.2, 0.25) is 0 Å². The zero-order valence-electron chi connectivity index (χ0n) is 21.2. The Labute approximate surface area is 218 Å². The molecule has 2 N–H and O–H groups in total. The predicted octanol–water partition coefficient (Wildman–Crippen LogP) is 3.08. The molecule has 1 atom stereocenters. The molecule has 1 aliphatic rings. The van der Waals surface area contributed by atoms with Gasteiger partial charge in [0.05, 0.1) is 13.2 Å². The number of aryl methyl sites for hydroxylation is 3. The largest absolute Gasteiger partial charge is 0.494 e. The van der Waals surface area contributed by atoms with Crippen LogP contribution in [0.3, 0.4) is 0 Å².